The van der Waals surface area contributed by atoms with Gasteiger partial charge in [0.1, 0.15) is 0 Å². The molecule has 2 rings (SSSR count). The molecule has 20 heavy (non-hydrogen) atoms. The van der Waals surface area contributed by atoms with Gasteiger partial charge in [-0.1, -0.05) is 18.5 Å². The van der Waals surface area contributed by atoms with Gasteiger partial charge in [-0.05, 0) is 37.5 Å². The smallest absolute Gasteiger partial charge is 0.336 e. The number of sulfonamides is 1. The number of benzene rings is 1. The molecule has 1 aliphatic rings. The molecule has 0 aromatic heterocycles. The van der Waals surface area contributed by atoms with E-state index in [1.165, 1.54) is 23.4 Å². The number of hydrogen-bond donors (Lipinski definition) is 1. The summed E-state index contributed by atoms with van der Waals surface area (Å²) >= 11 is 5.87. The van der Waals surface area contributed by atoms with E-state index in [1.807, 2.05) is 0 Å². The number of carbonyl (C=O) groups is 1. The maximum absolute atomic E-state index is 12.7. The van der Waals surface area contributed by atoms with Gasteiger partial charge >= 0.3 is 5.97 Å². The lowest BCUT2D eigenvalue weighted by molar-refractivity contribution is 0.0696. The van der Waals surface area contributed by atoms with Gasteiger partial charge in [0.15, 0.2) is 0 Å². The van der Waals surface area contributed by atoms with Crippen LogP contribution in [0.4, 0.5) is 0 Å². The van der Waals surface area contributed by atoms with Crippen molar-refractivity contribution in [2.45, 2.75) is 37.6 Å². The van der Waals surface area contributed by atoms with Gasteiger partial charge in [0.05, 0.1) is 10.5 Å². The van der Waals surface area contributed by atoms with Crippen LogP contribution in [-0.2, 0) is 10.0 Å². The Morgan fingerprint density at radius 3 is 2.50 bits per heavy atom. The second-order valence-electron chi connectivity index (χ2n) is 4.82. The molecule has 0 radical (unpaired) electrons. The predicted octanol–water partition coefficient (Wildman–Crippen LogP) is 2.52. The van der Waals surface area contributed by atoms with Crippen molar-refractivity contribution in [3.8, 4) is 0 Å². The minimum atomic E-state index is -3.71. The van der Waals surface area contributed by atoms with Gasteiger partial charge in [-0.15, -0.1) is 0 Å². The quantitative estimate of drug-likeness (QED) is 0.905. The van der Waals surface area contributed by atoms with Crippen molar-refractivity contribution >= 4 is 27.6 Å². The first kappa shape index (κ1) is 15.3. The molecule has 0 spiro atoms. The van der Waals surface area contributed by atoms with Crippen LogP contribution >= 0.6 is 11.6 Å². The van der Waals surface area contributed by atoms with E-state index < -0.39 is 16.0 Å². The van der Waals surface area contributed by atoms with Crippen LogP contribution in [-0.4, -0.2) is 36.4 Å². The van der Waals surface area contributed by atoms with Crippen molar-refractivity contribution in [2.24, 2.45) is 0 Å². The van der Waals surface area contributed by atoms with Gasteiger partial charge < -0.3 is 5.11 Å². The van der Waals surface area contributed by atoms with Gasteiger partial charge in [0, 0.05) is 17.6 Å². The van der Waals surface area contributed by atoms with Crippen molar-refractivity contribution in [1.82, 2.24) is 4.31 Å². The summed E-state index contributed by atoms with van der Waals surface area (Å²) in [5.41, 5.74) is 0.143. The summed E-state index contributed by atoms with van der Waals surface area (Å²) in [5.74, 6) is -1.18. The third-order valence-electron chi connectivity index (χ3n) is 3.41. The van der Waals surface area contributed by atoms with E-state index in [9.17, 15) is 13.2 Å². The Hall–Kier alpha value is -1.11. The van der Waals surface area contributed by atoms with Gasteiger partial charge in [-0.2, -0.15) is 4.31 Å². The highest BCUT2D eigenvalue weighted by Crippen LogP contribution is 2.34. The fourth-order valence-electron chi connectivity index (χ4n) is 2.26. The van der Waals surface area contributed by atoms with Crippen molar-refractivity contribution in [3.05, 3.63) is 28.3 Å². The van der Waals surface area contributed by atoms with Crippen LogP contribution in [0.25, 0.3) is 0 Å². The number of rotatable bonds is 5. The molecule has 0 bridgehead atoms. The highest BCUT2D eigenvalue weighted by Gasteiger charge is 2.38. The van der Waals surface area contributed by atoms with Gasteiger partial charge in [0.2, 0.25) is 10.0 Å². The molecule has 1 N–H and O–H groups in total. The fourth-order valence-corrected chi connectivity index (χ4v) is 4.51. The third kappa shape index (κ3) is 2.68. The molecule has 7 heteroatoms. The standard InChI is InChI=1S/C13H16ClNO4S/c1-3-15(10-4-5-10)20(18,19)12-7-9(14)6-11(8(12)2)13(16)17/h6-7,10H,3-5H2,1-2H3,(H,16,17). The number of carboxylic acid groups (broad SMARTS) is 1. The van der Waals surface area contributed by atoms with E-state index in [4.69, 9.17) is 16.7 Å². The minimum Gasteiger partial charge on any atom is -0.478 e. The lowest BCUT2D eigenvalue weighted by atomic mass is 10.1. The summed E-state index contributed by atoms with van der Waals surface area (Å²) in [4.78, 5) is 11.2. The lowest BCUT2D eigenvalue weighted by Gasteiger charge is -2.21. The highest BCUT2D eigenvalue weighted by molar-refractivity contribution is 7.89. The minimum absolute atomic E-state index is 0.0175. The predicted molar refractivity (Wildman–Crippen MR) is 75.7 cm³/mol. The van der Waals surface area contributed by atoms with Crippen LogP contribution in [0.1, 0.15) is 35.7 Å². The van der Waals surface area contributed by atoms with Crippen molar-refractivity contribution < 1.29 is 18.3 Å². The summed E-state index contributed by atoms with van der Waals surface area (Å²) < 4.78 is 26.7. The molecule has 0 amide bonds. The largest absolute Gasteiger partial charge is 0.478 e. The molecule has 1 fully saturated rings. The number of halogens is 1. The molecular formula is C13H16ClNO4S. The molecule has 0 saturated heterocycles. The third-order valence-corrected chi connectivity index (χ3v) is 5.78. The average molecular weight is 318 g/mol. The zero-order valence-corrected chi connectivity index (χ0v) is 12.8. The molecule has 0 heterocycles. The van der Waals surface area contributed by atoms with Crippen LogP contribution in [0, 0.1) is 6.92 Å². The zero-order valence-electron chi connectivity index (χ0n) is 11.3. The summed E-state index contributed by atoms with van der Waals surface area (Å²) in [5, 5.41) is 9.24. The van der Waals surface area contributed by atoms with Gasteiger partial charge in [-0.25, -0.2) is 13.2 Å². The van der Waals surface area contributed by atoms with Crippen molar-refractivity contribution in [2.75, 3.05) is 6.54 Å². The Morgan fingerprint density at radius 1 is 1.45 bits per heavy atom. The lowest BCUT2D eigenvalue weighted by Crippen LogP contribution is -2.33. The number of carboxylic acids is 1. The number of aromatic carboxylic acids is 1. The summed E-state index contributed by atoms with van der Waals surface area (Å²) in [6, 6.07) is 2.62. The Labute approximate surface area is 123 Å². The second kappa shape index (κ2) is 5.35. The molecule has 0 unspecified atom stereocenters. The van der Waals surface area contributed by atoms with Crippen LogP contribution in [0.15, 0.2) is 17.0 Å². The molecule has 1 aliphatic carbocycles. The Kier molecular flexibility index (Phi) is 4.09. The molecule has 0 aliphatic heterocycles. The maximum Gasteiger partial charge on any atom is 0.336 e. The van der Waals surface area contributed by atoms with Gasteiger partial charge in [0.25, 0.3) is 0 Å². The van der Waals surface area contributed by atoms with E-state index in [0.29, 0.717) is 6.54 Å². The Bertz CT molecular complexity index is 653. The number of hydrogen-bond acceptors (Lipinski definition) is 3. The first-order valence-electron chi connectivity index (χ1n) is 6.34. The van der Waals surface area contributed by atoms with E-state index in [2.05, 4.69) is 0 Å². The highest BCUT2D eigenvalue weighted by atomic mass is 35.5. The van der Waals surface area contributed by atoms with Gasteiger partial charge in [-0.3, -0.25) is 0 Å². The molecule has 1 aromatic carbocycles. The van der Waals surface area contributed by atoms with Crippen LogP contribution < -0.4 is 0 Å². The molecular weight excluding hydrogens is 302 g/mol. The van der Waals surface area contributed by atoms with Crippen LogP contribution in [0.3, 0.4) is 0 Å². The fraction of sp³-hybridized carbons (Fsp3) is 0.462. The molecule has 0 atom stereocenters. The Balaban J connectivity index is 2.59. The number of nitrogens with zero attached hydrogens (tertiary/aromatic N) is 1. The first-order chi connectivity index (χ1) is 9.28. The van der Waals surface area contributed by atoms with E-state index in [1.54, 1.807) is 6.92 Å². The first-order valence-corrected chi connectivity index (χ1v) is 8.16. The van der Waals surface area contributed by atoms with Crippen LogP contribution in [0.2, 0.25) is 5.02 Å². The molecule has 1 saturated carbocycles. The topological polar surface area (TPSA) is 74.7 Å². The van der Waals surface area contributed by atoms with Crippen molar-refractivity contribution in [1.29, 1.82) is 0 Å². The summed E-state index contributed by atoms with van der Waals surface area (Å²) in [6.07, 6.45) is 1.69. The monoisotopic (exact) mass is 317 g/mol. The van der Waals surface area contributed by atoms with E-state index >= 15 is 0 Å². The Morgan fingerprint density at radius 2 is 2.05 bits per heavy atom. The molecule has 110 valence electrons. The zero-order chi connectivity index (χ0) is 15.1. The van der Waals surface area contributed by atoms with Crippen molar-refractivity contribution in [3.63, 3.8) is 0 Å². The maximum atomic E-state index is 12.7. The summed E-state index contributed by atoms with van der Waals surface area (Å²) in [6.45, 7) is 3.63. The molecule has 5 nitrogen and oxygen atoms in total. The van der Waals surface area contributed by atoms with E-state index in [0.717, 1.165) is 12.8 Å². The molecule has 1 aromatic rings. The normalized spacial score (nSPS) is 15.6. The van der Waals surface area contributed by atoms with Crippen LogP contribution in [0.5, 0.6) is 0 Å². The van der Waals surface area contributed by atoms with E-state index in [-0.39, 0.29) is 27.1 Å². The SMILES string of the molecule is CCN(C1CC1)S(=O)(=O)c1cc(Cl)cc(C(=O)O)c1C. The second-order valence-corrected chi connectivity index (χ2v) is 7.12. The average Bonchev–Trinajstić information content (AvgIpc) is 3.16. The summed E-state index contributed by atoms with van der Waals surface area (Å²) in [7, 11) is -3.71.